The molecule has 0 spiro atoms. The summed E-state index contributed by atoms with van der Waals surface area (Å²) in [4.78, 5) is 25.0. The smallest absolute Gasteiger partial charge is 0.414 e. The number of carbonyl (C=O) groups is 2. The Morgan fingerprint density at radius 1 is 1.04 bits per heavy atom. The molecule has 1 unspecified atom stereocenters. The molecule has 2 aromatic carbocycles. The van der Waals surface area contributed by atoms with Crippen LogP contribution >= 0.6 is 0 Å². The van der Waals surface area contributed by atoms with Crippen molar-refractivity contribution in [2.45, 2.75) is 19.4 Å². The van der Waals surface area contributed by atoms with Gasteiger partial charge in [0.25, 0.3) is 0 Å². The highest BCUT2D eigenvalue weighted by Crippen LogP contribution is 2.21. The van der Waals surface area contributed by atoms with Gasteiger partial charge in [0, 0.05) is 26.6 Å². The Bertz CT molecular complexity index is 755. The minimum atomic E-state index is -0.420. The molecular weight excluding hydrogens is 344 g/mol. The van der Waals surface area contributed by atoms with Gasteiger partial charge in [-0.15, -0.1) is 0 Å². The SMILES string of the molecule is CNC(CCOC(=O)c1ccc(C)cc1)c1ccc(OC(=O)N(C)C)cc1. The molecule has 6 heteroatoms. The lowest BCUT2D eigenvalue weighted by Gasteiger charge is -2.17. The molecule has 2 aromatic rings. The first kappa shape index (κ1) is 20.5. The zero-order valence-electron chi connectivity index (χ0n) is 16.2. The maximum Gasteiger partial charge on any atom is 0.414 e. The predicted molar refractivity (Wildman–Crippen MR) is 104 cm³/mol. The number of aryl methyl sites for hydroxylation is 1. The third kappa shape index (κ3) is 6.11. The molecule has 0 radical (unpaired) electrons. The van der Waals surface area contributed by atoms with E-state index in [1.807, 2.05) is 38.2 Å². The average molecular weight is 370 g/mol. The molecule has 1 N–H and O–H groups in total. The van der Waals surface area contributed by atoms with Crippen LogP contribution in [0, 0.1) is 6.92 Å². The van der Waals surface area contributed by atoms with E-state index in [0.29, 0.717) is 24.3 Å². The number of nitrogens with one attached hydrogen (secondary N) is 1. The highest BCUT2D eigenvalue weighted by molar-refractivity contribution is 5.89. The molecule has 0 aliphatic carbocycles. The first-order chi connectivity index (χ1) is 12.9. The summed E-state index contributed by atoms with van der Waals surface area (Å²) in [5.74, 6) is 0.161. The lowest BCUT2D eigenvalue weighted by Crippen LogP contribution is -2.25. The molecule has 0 saturated heterocycles. The van der Waals surface area contributed by atoms with E-state index in [2.05, 4.69) is 5.32 Å². The largest absolute Gasteiger partial charge is 0.462 e. The lowest BCUT2D eigenvalue weighted by molar-refractivity contribution is 0.0490. The van der Waals surface area contributed by atoms with Crippen LogP contribution in [0.25, 0.3) is 0 Å². The van der Waals surface area contributed by atoms with Gasteiger partial charge in [-0.3, -0.25) is 0 Å². The molecule has 0 fully saturated rings. The van der Waals surface area contributed by atoms with Gasteiger partial charge in [0.05, 0.1) is 12.2 Å². The van der Waals surface area contributed by atoms with Crippen LogP contribution in [0.15, 0.2) is 48.5 Å². The van der Waals surface area contributed by atoms with E-state index in [9.17, 15) is 9.59 Å². The van der Waals surface area contributed by atoms with E-state index in [0.717, 1.165) is 11.1 Å². The second kappa shape index (κ2) is 9.73. The fourth-order valence-corrected chi connectivity index (χ4v) is 2.48. The Morgan fingerprint density at radius 2 is 1.67 bits per heavy atom. The van der Waals surface area contributed by atoms with E-state index in [-0.39, 0.29) is 12.0 Å². The van der Waals surface area contributed by atoms with Crippen molar-refractivity contribution in [1.82, 2.24) is 10.2 Å². The van der Waals surface area contributed by atoms with Crippen molar-refractivity contribution in [3.8, 4) is 5.75 Å². The van der Waals surface area contributed by atoms with Crippen molar-refractivity contribution in [3.05, 3.63) is 65.2 Å². The highest BCUT2D eigenvalue weighted by Gasteiger charge is 2.13. The summed E-state index contributed by atoms with van der Waals surface area (Å²) in [7, 11) is 5.11. The van der Waals surface area contributed by atoms with Gasteiger partial charge in [-0.25, -0.2) is 9.59 Å². The summed E-state index contributed by atoms with van der Waals surface area (Å²) in [6.45, 7) is 2.27. The van der Waals surface area contributed by atoms with Gasteiger partial charge < -0.3 is 19.7 Å². The molecule has 0 aliphatic rings. The summed E-state index contributed by atoms with van der Waals surface area (Å²) in [5, 5.41) is 3.21. The third-order valence-corrected chi connectivity index (χ3v) is 4.13. The Labute approximate surface area is 160 Å². The van der Waals surface area contributed by atoms with Crippen LogP contribution < -0.4 is 10.1 Å². The molecule has 0 bridgehead atoms. The van der Waals surface area contributed by atoms with Gasteiger partial charge in [0.2, 0.25) is 0 Å². The van der Waals surface area contributed by atoms with Gasteiger partial charge in [-0.05, 0) is 43.8 Å². The van der Waals surface area contributed by atoms with Crippen molar-refractivity contribution >= 4 is 12.1 Å². The maximum atomic E-state index is 12.1. The van der Waals surface area contributed by atoms with Gasteiger partial charge in [0.15, 0.2) is 0 Å². The number of ether oxygens (including phenoxy) is 2. The minimum absolute atomic E-state index is 0.0226. The number of carbonyl (C=O) groups excluding carboxylic acids is 2. The van der Waals surface area contributed by atoms with E-state index in [1.54, 1.807) is 38.4 Å². The number of amides is 1. The molecular formula is C21H26N2O4. The zero-order valence-corrected chi connectivity index (χ0v) is 16.2. The third-order valence-electron chi connectivity index (χ3n) is 4.13. The van der Waals surface area contributed by atoms with Crippen molar-refractivity contribution in [2.24, 2.45) is 0 Å². The molecule has 0 heterocycles. The number of nitrogens with zero attached hydrogens (tertiary/aromatic N) is 1. The van der Waals surface area contributed by atoms with E-state index >= 15 is 0 Å². The number of hydrogen-bond acceptors (Lipinski definition) is 5. The van der Waals surface area contributed by atoms with Crippen molar-refractivity contribution in [2.75, 3.05) is 27.7 Å². The summed E-state index contributed by atoms with van der Waals surface area (Å²) >= 11 is 0. The second-order valence-corrected chi connectivity index (χ2v) is 6.46. The van der Waals surface area contributed by atoms with Gasteiger partial charge >= 0.3 is 12.1 Å². The van der Waals surface area contributed by atoms with E-state index in [4.69, 9.17) is 9.47 Å². The molecule has 0 aliphatic heterocycles. The Hall–Kier alpha value is -2.86. The number of esters is 1. The molecule has 2 rings (SSSR count). The van der Waals surface area contributed by atoms with Crippen LogP contribution in [0.1, 0.15) is 33.9 Å². The van der Waals surface area contributed by atoms with Gasteiger partial charge in [0.1, 0.15) is 5.75 Å². The van der Waals surface area contributed by atoms with Crippen molar-refractivity contribution in [1.29, 1.82) is 0 Å². The molecule has 144 valence electrons. The van der Waals surface area contributed by atoms with Crippen LogP contribution in [-0.2, 0) is 4.74 Å². The molecule has 1 amide bonds. The quantitative estimate of drug-likeness (QED) is 0.755. The summed E-state index contributed by atoms with van der Waals surface area (Å²) in [6, 6.07) is 14.6. The van der Waals surface area contributed by atoms with E-state index in [1.165, 1.54) is 4.90 Å². The summed E-state index contributed by atoms with van der Waals surface area (Å²) < 4.78 is 10.6. The van der Waals surface area contributed by atoms with Crippen LogP contribution in [0.4, 0.5) is 4.79 Å². The van der Waals surface area contributed by atoms with Crippen LogP contribution in [-0.4, -0.2) is 44.7 Å². The topological polar surface area (TPSA) is 67.9 Å². The minimum Gasteiger partial charge on any atom is -0.462 e. The normalized spacial score (nSPS) is 11.6. The molecule has 0 aromatic heterocycles. The molecule has 0 saturated carbocycles. The van der Waals surface area contributed by atoms with E-state index < -0.39 is 6.09 Å². The first-order valence-corrected chi connectivity index (χ1v) is 8.81. The average Bonchev–Trinajstić information content (AvgIpc) is 2.66. The van der Waals surface area contributed by atoms with Crippen molar-refractivity contribution in [3.63, 3.8) is 0 Å². The Kier molecular flexibility index (Phi) is 7.37. The molecule has 1 atom stereocenters. The van der Waals surface area contributed by atoms with Crippen LogP contribution in [0.3, 0.4) is 0 Å². The molecule has 27 heavy (non-hydrogen) atoms. The number of rotatable bonds is 7. The monoisotopic (exact) mass is 370 g/mol. The maximum absolute atomic E-state index is 12.1. The predicted octanol–water partition coefficient (Wildman–Crippen LogP) is 3.56. The summed E-state index contributed by atoms with van der Waals surface area (Å²) in [5.41, 5.74) is 2.67. The van der Waals surface area contributed by atoms with Crippen LogP contribution in [0.2, 0.25) is 0 Å². The Balaban J connectivity index is 1.88. The molecule has 6 nitrogen and oxygen atoms in total. The summed E-state index contributed by atoms with van der Waals surface area (Å²) in [6.07, 6.45) is 0.209. The Morgan fingerprint density at radius 3 is 2.22 bits per heavy atom. The van der Waals surface area contributed by atoms with Gasteiger partial charge in [-0.1, -0.05) is 29.8 Å². The zero-order chi connectivity index (χ0) is 19.8. The van der Waals surface area contributed by atoms with Crippen LogP contribution in [0.5, 0.6) is 5.75 Å². The van der Waals surface area contributed by atoms with Crippen molar-refractivity contribution < 1.29 is 19.1 Å². The van der Waals surface area contributed by atoms with Gasteiger partial charge in [-0.2, -0.15) is 0 Å². The standard InChI is InChI=1S/C21H26N2O4/c1-15-5-7-17(8-6-15)20(24)26-14-13-19(22-2)16-9-11-18(12-10-16)27-21(25)23(3)4/h5-12,19,22H,13-14H2,1-4H3. The fourth-order valence-electron chi connectivity index (χ4n) is 2.48. The number of hydrogen-bond donors (Lipinski definition) is 1. The fraction of sp³-hybridized carbons (Fsp3) is 0.333. The highest BCUT2D eigenvalue weighted by atomic mass is 16.6. The number of benzene rings is 2. The second-order valence-electron chi connectivity index (χ2n) is 6.46. The first-order valence-electron chi connectivity index (χ1n) is 8.81. The lowest BCUT2D eigenvalue weighted by atomic mass is 10.0.